The van der Waals surface area contributed by atoms with Crippen LogP contribution in [0.1, 0.15) is 10.5 Å². The predicted molar refractivity (Wildman–Crippen MR) is 88.0 cm³/mol. The van der Waals surface area contributed by atoms with E-state index in [9.17, 15) is 4.79 Å². The van der Waals surface area contributed by atoms with E-state index in [1.165, 1.54) is 0 Å². The van der Waals surface area contributed by atoms with E-state index in [4.69, 9.17) is 0 Å². The number of nitrogens with zero attached hydrogens (tertiary/aromatic N) is 3. The summed E-state index contributed by atoms with van der Waals surface area (Å²) in [6.45, 7) is 0. The van der Waals surface area contributed by atoms with E-state index >= 15 is 0 Å². The van der Waals surface area contributed by atoms with Crippen molar-refractivity contribution in [2.24, 2.45) is 0 Å². The lowest BCUT2D eigenvalue weighted by molar-refractivity contribution is 0.112. The Morgan fingerprint density at radius 1 is 1.24 bits per heavy atom. The number of imidazole rings is 1. The normalized spacial score (nSPS) is 10.8. The van der Waals surface area contributed by atoms with E-state index in [-0.39, 0.29) is 0 Å². The highest BCUT2D eigenvalue weighted by Gasteiger charge is 2.13. The number of pyridine rings is 1. The van der Waals surface area contributed by atoms with Crippen LogP contribution in [-0.2, 0) is 0 Å². The maximum Gasteiger partial charge on any atom is 0.170 e. The van der Waals surface area contributed by atoms with Gasteiger partial charge in [-0.05, 0) is 24.3 Å². The maximum absolute atomic E-state index is 11.3. The van der Waals surface area contributed by atoms with Crippen molar-refractivity contribution in [1.82, 2.24) is 9.38 Å². The van der Waals surface area contributed by atoms with Gasteiger partial charge in [0.05, 0.1) is 11.2 Å². The van der Waals surface area contributed by atoms with Gasteiger partial charge in [-0.3, -0.25) is 9.20 Å². The van der Waals surface area contributed by atoms with Crippen LogP contribution in [0.4, 0.5) is 5.69 Å². The lowest BCUT2D eigenvalue weighted by atomic mass is 10.2. The number of hydrogen-bond donors (Lipinski definition) is 0. The molecule has 2 heterocycles. The summed E-state index contributed by atoms with van der Waals surface area (Å²) in [5.41, 5.74) is 3.28. The first-order valence-corrected chi connectivity index (χ1v) is 7.30. The topological polar surface area (TPSA) is 37.6 Å². The number of carbonyl (C=O) groups excluding carboxylic acids is 1. The molecule has 0 spiro atoms. The average Bonchev–Trinajstić information content (AvgIpc) is 2.85. The molecule has 0 aliphatic heterocycles. The third-order valence-electron chi connectivity index (χ3n) is 3.36. The minimum absolute atomic E-state index is 0.454. The Balaban J connectivity index is 2.30. The number of rotatable bonds is 3. The highest BCUT2D eigenvalue weighted by Crippen LogP contribution is 2.26. The predicted octanol–water partition coefficient (Wildman–Crippen LogP) is 3.64. The largest absolute Gasteiger partial charge is 0.376 e. The molecule has 1 aromatic carbocycles. The standard InChI is InChI=1S/C16H14BrN3O/c1-19(2)13-6-7-15-14(10-21)18-16(20(15)9-13)11-4-3-5-12(17)8-11/h3-10H,1-2H3. The van der Waals surface area contributed by atoms with Crippen molar-refractivity contribution in [1.29, 1.82) is 0 Å². The van der Waals surface area contributed by atoms with Gasteiger partial charge in [-0.1, -0.05) is 28.1 Å². The molecule has 0 N–H and O–H groups in total. The fourth-order valence-corrected chi connectivity index (χ4v) is 2.68. The Kier molecular flexibility index (Phi) is 3.51. The summed E-state index contributed by atoms with van der Waals surface area (Å²) in [5.74, 6) is 0.761. The first-order chi connectivity index (χ1) is 10.1. The Bertz CT molecular complexity index is 824. The minimum Gasteiger partial charge on any atom is -0.376 e. The zero-order valence-electron chi connectivity index (χ0n) is 11.7. The van der Waals surface area contributed by atoms with E-state index in [1.54, 1.807) is 0 Å². The number of fused-ring (bicyclic) bond motifs is 1. The van der Waals surface area contributed by atoms with Crippen molar-refractivity contribution in [2.75, 3.05) is 19.0 Å². The van der Waals surface area contributed by atoms with Crippen molar-refractivity contribution in [3.05, 3.63) is 52.8 Å². The van der Waals surface area contributed by atoms with E-state index in [2.05, 4.69) is 20.9 Å². The van der Waals surface area contributed by atoms with Gasteiger partial charge < -0.3 is 4.90 Å². The van der Waals surface area contributed by atoms with E-state index < -0.39 is 0 Å². The molecule has 0 amide bonds. The van der Waals surface area contributed by atoms with Crippen LogP contribution >= 0.6 is 15.9 Å². The first kappa shape index (κ1) is 13.8. The van der Waals surface area contributed by atoms with Crippen LogP contribution in [0.3, 0.4) is 0 Å². The Hall–Kier alpha value is -2.14. The number of aromatic nitrogens is 2. The average molecular weight is 344 g/mol. The van der Waals surface area contributed by atoms with Gasteiger partial charge in [-0.15, -0.1) is 0 Å². The van der Waals surface area contributed by atoms with Gasteiger partial charge in [0.25, 0.3) is 0 Å². The number of aldehydes is 1. The highest BCUT2D eigenvalue weighted by molar-refractivity contribution is 9.10. The second-order valence-electron chi connectivity index (χ2n) is 4.99. The summed E-state index contributed by atoms with van der Waals surface area (Å²) >= 11 is 3.47. The Labute approximate surface area is 131 Å². The summed E-state index contributed by atoms with van der Waals surface area (Å²) in [5, 5.41) is 0. The maximum atomic E-state index is 11.3. The van der Waals surface area contributed by atoms with Crippen LogP contribution in [0.2, 0.25) is 0 Å². The van der Waals surface area contributed by atoms with Crippen molar-refractivity contribution >= 4 is 33.4 Å². The van der Waals surface area contributed by atoms with E-state index in [1.807, 2.05) is 66.0 Å². The molecule has 3 aromatic rings. The third-order valence-corrected chi connectivity index (χ3v) is 3.85. The SMILES string of the molecule is CN(C)c1ccc2c(C=O)nc(-c3cccc(Br)c3)n2c1. The summed E-state index contributed by atoms with van der Waals surface area (Å²) in [6, 6.07) is 11.8. The minimum atomic E-state index is 0.454. The zero-order valence-corrected chi connectivity index (χ0v) is 13.3. The first-order valence-electron chi connectivity index (χ1n) is 6.50. The quantitative estimate of drug-likeness (QED) is 0.681. The molecule has 0 saturated carbocycles. The second kappa shape index (κ2) is 5.33. The van der Waals surface area contributed by atoms with Crippen LogP contribution in [0.15, 0.2) is 47.1 Å². The molecule has 0 unspecified atom stereocenters. The van der Waals surface area contributed by atoms with Crippen molar-refractivity contribution in [3.63, 3.8) is 0 Å². The highest BCUT2D eigenvalue weighted by atomic mass is 79.9. The molecule has 4 nitrogen and oxygen atoms in total. The summed E-state index contributed by atoms with van der Waals surface area (Å²) in [6.07, 6.45) is 2.79. The molecule has 2 aromatic heterocycles. The third kappa shape index (κ3) is 2.45. The second-order valence-corrected chi connectivity index (χ2v) is 5.90. The van der Waals surface area contributed by atoms with Crippen LogP contribution in [0, 0.1) is 0 Å². The van der Waals surface area contributed by atoms with Crippen molar-refractivity contribution in [3.8, 4) is 11.4 Å². The summed E-state index contributed by atoms with van der Waals surface area (Å²) < 4.78 is 2.94. The van der Waals surface area contributed by atoms with E-state index in [0.717, 1.165) is 33.4 Å². The van der Waals surface area contributed by atoms with Gasteiger partial charge in [0.2, 0.25) is 0 Å². The fraction of sp³-hybridized carbons (Fsp3) is 0.125. The molecule has 0 saturated heterocycles. The van der Waals surface area contributed by atoms with E-state index in [0.29, 0.717) is 5.69 Å². The molecule has 0 fully saturated rings. The van der Waals surface area contributed by atoms with Gasteiger partial charge in [0, 0.05) is 30.3 Å². The van der Waals surface area contributed by atoms with Gasteiger partial charge in [0.15, 0.2) is 6.29 Å². The molecule has 0 aliphatic rings. The van der Waals surface area contributed by atoms with Gasteiger partial charge >= 0.3 is 0 Å². The molecule has 106 valence electrons. The summed E-state index contributed by atoms with van der Waals surface area (Å²) in [4.78, 5) is 17.7. The zero-order chi connectivity index (χ0) is 15.0. The summed E-state index contributed by atoms with van der Waals surface area (Å²) in [7, 11) is 3.97. The van der Waals surface area contributed by atoms with Crippen LogP contribution in [0.25, 0.3) is 16.9 Å². The lowest BCUT2D eigenvalue weighted by Crippen LogP contribution is -2.09. The number of halogens is 1. The Morgan fingerprint density at radius 3 is 2.71 bits per heavy atom. The van der Waals surface area contributed by atoms with Crippen molar-refractivity contribution < 1.29 is 4.79 Å². The number of carbonyl (C=O) groups is 1. The molecule has 0 aliphatic carbocycles. The van der Waals surface area contributed by atoms with Crippen molar-refractivity contribution in [2.45, 2.75) is 0 Å². The number of anilines is 1. The monoisotopic (exact) mass is 343 g/mol. The van der Waals surface area contributed by atoms with Crippen LogP contribution in [0.5, 0.6) is 0 Å². The number of hydrogen-bond acceptors (Lipinski definition) is 3. The lowest BCUT2D eigenvalue weighted by Gasteiger charge is -2.13. The molecule has 0 bridgehead atoms. The van der Waals surface area contributed by atoms with Crippen LogP contribution in [-0.4, -0.2) is 29.8 Å². The smallest absolute Gasteiger partial charge is 0.170 e. The molecule has 3 rings (SSSR count). The number of benzene rings is 1. The molecular weight excluding hydrogens is 330 g/mol. The van der Waals surface area contributed by atoms with Gasteiger partial charge in [-0.25, -0.2) is 4.98 Å². The molecule has 21 heavy (non-hydrogen) atoms. The van der Waals surface area contributed by atoms with Gasteiger partial charge in [0.1, 0.15) is 11.5 Å². The molecule has 0 atom stereocenters. The van der Waals surface area contributed by atoms with Gasteiger partial charge in [-0.2, -0.15) is 0 Å². The molecule has 5 heteroatoms. The Morgan fingerprint density at radius 2 is 2.05 bits per heavy atom. The van der Waals surface area contributed by atoms with Crippen LogP contribution < -0.4 is 4.90 Å². The molecular formula is C16H14BrN3O. The molecule has 0 radical (unpaired) electrons. The fourth-order valence-electron chi connectivity index (χ4n) is 2.28.